The summed E-state index contributed by atoms with van der Waals surface area (Å²) < 4.78 is 25.2. The Morgan fingerprint density at radius 2 is 0.875 bits per heavy atom. The molecular formula is HCl3Na2O3. The second-order valence-electron chi connectivity index (χ2n) is 0.189. The topological polar surface area (TPSA) is 69.2 Å². The predicted octanol–water partition coefficient (Wildman–Crippen LogP) is -12.1. The van der Waals surface area contributed by atoms with E-state index in [4.69, 9.17) is 14.0 Å². The van der Waals surface area contributed by atoms with Crippen molar-refractivity contribution >= 4 is 12.4 Å². The van der Waals surface area contributed by atoms with Gasteiger partial charge >= 0.3 is 59.1 Å². The van der Waals surface area contributed by atoms with E-state index in [9.17, 15) is 0 Å². The van der Waals surface area contributed by atoms with Crippen LogP contribution in [0.2, 0.25) is 0 Å². The van der Waals surface area contributed by atoms with E-state index in [2.05, 4.69) is 0 Å². The van der Waals surface area contributed by atoms with Crippen LogP contribution in [0.4, 0.5) is 0 Å². The molecule has 0 fully saturated rings. The first-order valence-electron chi connectivity index (χ1n) is 0.463. The molecule has 0 saturated carbocycles. The van der Waals surface area contributed by atoms with E-state index in [0.29, 0.717) is 0 Å². The standard InChI is InChI=1S/ClO3.2ClH.2Na/c2-1(3)4;;;;/h;2*1H;;/q-1;;;2*+1/p-1. The molecule has 0 radical (unpaired) electrons. The molecule has 0 bridgehead atoms. The van der Waals surface area contributed by atoms with Crippen LogP contribution >= 0.6 is 12.4 Å². The van der Waals surface area contributed by atoms with E-state index >= 15 is 0 Å². The minimum Gasteiger partial charge on any atom is -1.00 e. The molecule has 0 aliphatic heterocycles. The molecule has 0 unspecified atom stereocenters. The normalized spacial score (nSPS) is 4.50. The van der Waals surface area contributed by atoms with Crippen LogP contribution in [0.1, 0.15) is 0 Å². The molecule has 42 valence electrons. The van der Waals surface area contributed by atoms with E-state index in [1.165, 1.54) is 0 Å². The fourth-order valence-electron chi connectivity index (χ4n) is 0. The van der Waals surface area contributed by atoms with Crippen LogP contribution in [-0.4, -0.2) is 0 Å². The molecule has 0 N–H and O–H groups in total. The Bertz CT molecular complexity index is 17.2. The first-order valence-corrected chi connectivity index (χ1v) is 1.39. The van der Waals surface area contributed by atoms with Crippen LogP contribution in [0.25, 0.3) is 0 Å². The first-order chi connectivity index (χ1) is 1.73. The van der Waals surface area contributed by atoms with Crippen molar-refractivity contribution in [3.05, 3.63) is 0 Å². The van der Waals surface area contributed by atoms with Crippen LogP contribution in [0, 0.1) is 10.8 Å². The van der Waals surface area contributed by atoms with Gasteiger partial charge < -0.3 is 26.4 Å². The average molecular weight is 201 g/mol. The molecule has 8 heteroatoms. The van der Waals surface area contributed by atoms with Gasteiger partial charge in [0.15, 0.2) is 0 Å². The van der Waals surface area contributed by atoms with E-state index in [-0.39, 0.29) is 83.9 Å². The number of hydrogen-bond donors (Lipinski definition) is 0. The third-order valence-corrected chi connectivity index (χ3v) is 0. The average Bonchev–Trinajstić information content (AvgIpc) is 0.811. The monoisotopic (exact) mass is 200 g/mol. The van der Waals surface area contributed by atoms with Gasteiger partial charge in [-0.1, -0.05) is 0 Å². The minimum absolute atomic E-state index is 0. The minimum atomic E-state index is -2.85. The molecule has 0 aliphatic carbocycles. The van der Waals surface area contributed by atoms with Crippen molar-refractivity contribution in [2.75, 3.05) is 0 Å². The third-order valence-electron chi connectivity index (χ3n) is 0. The summed E-state index contributed by atoms with van der Waals surface area (Å²) in [6.07, 6.45) is 0. The molecule has 0 spiro atoms. The van der Waals surface area contributed by atoms with Gasteiger partial charge in [-0.05, 0) is 0 Å². The summed E-state index contributed by atoms with van der Waals surface area (Å²) in [5, 5.41) is 0. The van der Waals surface area contributed by atoms with Crippen molar-refractivity contribution in [1.82, 2.24) is 0 Å². The molecule has 0 aromatic carbocycles. The number of halogens is 3. The van der Waals surface area contributed by atoms with Gasteiger partial charge in [-0.2, -0.15) is 0 Å². The van der Waals surface area contributed by atoms with Gasteiger partial charge in [0.2, 0.25) is 0 Å². The van der Waals surface area contributed by atoms with E-state index in [1.54, 1.807) is 0 Å². The van der Waals surface area contributed by atoms with Crippen molar-refractivity contribution < 1.29 is 96.3 Å². The zero-order valence-electron chi connectivity index (χ0n) is 4.39. The maximum Gasteiger partial charge on any atom is 1.00 e. The number of hydrogen-bond acceptors (Lipinski definition) is 3. The molecule has 0 amide bonds. The SMILES string of the molecule is Cl.[Cl-].[Na+].[Na+].[O-][Cl+2]([O-])[O-]. The fraction of sp³-hybridized carbons (Fsp3) is 0. The summed E-state index contributed by atoms with van der Waals surface area (Å²) in [5.74, 6) is 0. The summed E-state index contributed by atoms with van der Waals surface area (Å²) in [7, 11) is -2.85. The molecule has 3 nitrogen and oxygen atoms in total. The maximum absolute atomic E-state index is 8.41. The van der Waals surface area contributed by atoms with Crippen molar-refractivity contribution in [3.8, 4) is 0 Å². The van der Waals surface area contributed by atoms with Crippen LogP contribution in [0.15, 0.2) is 0 Å². The zero-order chi connectivity index (χ0) is 3.58. The third kappa shape index (κ3) is 69.5. The Kier molecular flexibility index (Phi) is 87.2. The fourth-order valence-corrected chi connectivity index (χ4v) is 0. The van der Waals surface area contributed by atoms with E-state index in [0.717, 1.165) is 0 Å². The molecule has 0 aromatic heterocycles. The first kappa shape index (κ1) is 30.9. The Labute approximate surface area is 107 Å². The van der Waals surface area contributed by atoms with Crippen molar-refractivity contribution in [2.24, 2.45) is 0 Å². The molecule has 0 saturated heterocycles. The Hall–Kier alpha value is 2.75. The molecule has 0 aliphatic rings. The quantitative estimate of drug-likeness (QED) is 0.366. The molecule has 8 heavy (non-hydrogen) atoms. The second-order valence-corrected chi connectivity index (χ2v) is 0.567. The van der Waals surface area contributed by atoms with E-state index in [1.807, 2.05) is 0 Å². The summed E-state index contributed by atoms with van der Waals surface area (Å²) in [4.78, 5) is 0. The Morgan fingerprint density at radius 3 is 0.875 bits per heavy atom. The molecule has 0 rings (SSSR count). The van der Waals surface area contributed by atoms with Gasteiger partial charge in [0.25, 0.3) is 0 Å². The summed E-state index contributed by atoms with van der Waals surface area (Å²) in [6.45, 7) is 0. The van der Waals surface area contributed by atoms with Crippen molar-refractivity contribution in [1.29, 1.82) is 0 Å². The van der Waals surface area contributed by atoms with Gasteiger partial charge in [-0.15, -0.1) is 12.4 Å². The molecule has 0 aromatic rings. The molecular weight excluding hydrogens is 200 g/mol. The van der Waals surface area contributed by atoms with Gasteiger partial charge in [0.1, 0.15) is 0 Å². The maximum atomic E-state index is 8.41. The van der Waals surface area contributed by atoms with Gasteiger partial charge in [-0.3, -0.25) is 0 Å². The molecule has 0 atom stereocenters. The predicted molar refractivity (Wildman–Crippen MR) is 7.25 cm³/mol. The van der Waals surface area contributed by atoms with Crippen molar-refractivity contribution in [2.45, 2.75) is 0 Å². The molecule has 0 heterocycles. The second kappa shape index (κ2) is 22.6. The Balaban J connectivity index is -0.00000000750. The van der Waals surface area contributed by atoms with Gasteiger partial charge in [0, 0.05) is 0 Å². The summed E-state index contributed by atoms with van der Waals surface area (Å²) in [5.41, 5.74) is 0. The summed E-state index contributed by atoms with van der Waals surface area (Å²) in [6, 6.07) is 0. The van der Waals surface area contributed by atoms with Crippen LogP contribution < -0.4 is 85.5 Å². The van der Waals surface area contributed by atoms with Crippen LogP contribution in [-0.2, 0) is 0 Å². The van der Waals surface area contributed by atoms with E-state index < -0.39 is 10.8 Å². The van der Waals surface area contributed by atoms with Gasteiger partial charge in [-0.25, -0.2) is 0 Å². The van der Waals surface area contributed by atoms with Crippen molar-refractivity contribution in [3.63, 3.8) is 0 Å². The Morgan fingerprint density at radius 1 is 0.875 bits per heavy atom. The smallest absolute Gasteiger partial charge is 1.00 e. The van der Waals surface area contributed by atoms with Crippen LogP contribution in [0.5, 0.6) is 0 Å². The van der Waals surface area contributed by atoms with Crippen LogP contribution in [0.3, 0.4) is 0 Å². The zero-order valence-corrected chi connectivity index (χ0v) is 10.7. The number of rotatable bonds is 0. The largest absolute Gasteiger partial charge is 1.00 e. The summed E-state index contributed by atoms with van der Waals surface area (Å²) >= 11 is 0. The van der Waals surface area contributed by atoms with Gasteiger partial charge in [0.05, 0.1) is 10.8 Å².